The molecule has 19 heavy (non-hydrogen) atoms. The first-order valence-electron chi connectivity index (χ1n) is 5.32. The van der Waals surface area contributed by atoms with Crippen molar-refractivity contribution in [3.63, 3.8) is 0 Å². The fourth-order valence-electron chi connectivity index (χ4n) is 1.40. The van der Waals surface area contributed by atoms with Gasteiger partial charge in [-0.2, -0.15) is 0 Å². The molecule has 0 aliphatic carbocycles. The maximum Gasteiger partial charge on any atom is 0.337 e. The molecule has 1 aromatic heterocycles. The van der Waals surface area contributed by atoms with Gasteiger partial charge in [-0.25, -0.2) is 9.78 Å². The number of halogens is 2. The molecule has 6 heteroatoms. The number of nitrogens with zero attached hydrogens (tertiary/aromatic N) is 1. The minimum absolute atomic E-state index is 0.0651. The van der Waals surface area contributed by atoms with Gasteiger partial charge in [-0.15, -0.1) is 11.8 Å². The summed E-state index contributed by atoms with van der Waals surface area (Å²) in [6, 6.07) is 8.95. The number of hydrogen-bond acceptors (Lipinski definition) is 3. The molecule has 98 valence electrons. The Morgan fingerprint density at radius 2 is 1.95 bits per heavy atom. The second-order valence-electron chi connectivity index (χ2n) is 3.72. The van der Waals surface area contributed by atoms with Crippen LogP contribution in [0, 0.1) is 0 Å². The lowest BCUT2D eigenvalue weighted by Gasteiger charge is -2.04. The predicted molar refractivity (Wildman–Crippen MR) is 77.2 cm³/mol. The molecule has 0 amide bonds. The summed E-state index contributed by atoms with van der Waals surface area (Å²) >= 11 is 13.0. The molecule has 0 bridgehead atoms. The Bertz CT molecular complexity index is 602. The van der Waals surface area contributed by atoms with Gasteiger partial charge >= 0.3 is 5.97 Å². The fraction of sp³-hybridized carbons (Fsp3) is 0.0769. The minimum Gasteiger partial charge on any atom is -0.478 e. The molecular weight excluding hydrogens is 305 g/mol. The second kappa shape index (κ2) is 6.28. The number of carboxylic acid groups (broad SMARTS) is 1. The minimum atomic E-state index is -1.05. The molecule has 2 aromatic rings. The summed E-state index contributed by atoms with van der Waals surface area (Å²) in [5.74, 6) is -0.369. The summed E-state index contributed by atoms with van der Waals surface area (Å²) in [5, 5.41) is 10.4. The second-order valence-corrected chi connectivity index (χ2v) is 5.56. The third-order valence-electron chi connectivity index (χ3n) is 2.36. The monoisotopic (exact) mass is 313 g/mol. The average Bonchev–Trinajstić information content (AvgIpc) is 2.39. The lowest BCUT2D eigenvalue weighted by Crippen LogP contribution is -1.98. The quantitative estimate of drug-likeness (QED) is 0.851. The van der Waals surface area contributed by atoms with Crippen LogP contribution in [0.5, 0.6) is 0 Å². The van der Waals surface area contributed by atoms with E-state index >= 15 is 0 Å². The van der Waals surface area contributed by atoms with E-state index in [0.29, 0.717) is 15.8 Å². The number of rotatable bonds is 4. The van der Waals surface area contributed by atoms with Crippen LogP contribution in [0.3, 0.4) is 0 Å². The van der Waals surface area contributed by atoms with Crippen LogP contribution in [-0.4, -0.2) is 16.1 Å². The summed E-state index contributed by atoms with van der Waals surface area (Å²) in [5.41, 5.74) is 1.15. The zero-order valence-electron chi connectivity index (χ0n) is 9.64. The number of benzene rings is 1. The first kappa shape index (κ1) is 14.2. The van der Waals surface area contributed by atoms with E-state index < -0.39 is 5.97 Å². The average molecular weight is 314 g/mol. The first-order valence-corrected chi connectivity index (χ1v) is 7.06. The SMILES string of the molecule is O=C(O)c1cc(SCc2ccc(Cl)cc2)ncc1Cl. The lowest BCUT2D eigenvalue weighted by atomic mass is 10.2. The molecule has 1 N–H and O–H groups in total. The van der Waals surface area contributed by atoms with E-state index in [1.165, 1.54) is 24.0 Å². The highest BCUT2D eigenvalue weighted by Gasteiger charge is 2.10. The Hall–Kier alpha value is -1.23. The van der Waals surface area contributed by atoms with Gasteiger partial charge in [0.1, 0.15) is 0 Å². The van der Waals surface area contributed by atoms with E-state index in [-0.39, 0.29) is 10.6 Å². The van der Waals surface area contributed by atoms with E-state index in [1.807, 2.05) is 24.3 Å². The third-order valence-corrected chi connectivity index (χ3v) is 3.91. The highest BCUT2D eigenvalue weighted by molar-refractivity contribution is 7.98. The highest BCUT2D eigenvalue weighted by Crippen LogP contribution is 2.25. The zero-order chi connectivity index (χ0) is 13.8. The topological polar surface area (TPSA) is 50.2 Å². The molecule has 2 rings (SSSR count). The summed E-state index contributed by atoms with van der Waals surface area (Å²) in [6.07, 6.45) is 1.36. The summed E-state index contributed by atoms with van der Waals surface area (Å²) < 4.78 is 0. The Labute approximate surface area is 124 Å². The van der Waals surface area contributed by atoms with Gasteiger partial charge in [0.15, 0.2) is 0 Å². The molecule has 0 radical (unpaired) electrons. The van der Waals surface area contributed by atoms with Gasteiger partial charge in [0.25, 0.3) is 0 Å². The van der Waals surface area contributed by atoms with Crippen molar-refractivity contribution in [3.8, 4) is 0 Å². The molecule has 1 heterocycles. The van der Waals surface area contributed by atoms with Gasteiger partial charge in [0.2, 0.25) is 0 Å². The lowest BCUT2D eigenvalue weighted by molar-refractivity contribution is 0.0696. The maximum atomic E-state index is 10.9. The van der Waals surface area contributed by atoms with Crippen LogP contribution in [0.1, 0.15) is 15.9 Å². The third kappa shape index (κ3) is 3.86. The van der Waals surface area contributed by atoms with Gasteiger partial charge < -0.3 is 5.11 Å². The van der Waals surface area contributed by atoms with E-state index in [1.54, 1.807) is 0 Å². The van der Waals surface area contributed by atoms with Gasteiger partial charge in [-0.1, -0.05) is 35.3 Å². The molecule has 3 nitrogen and oxygen atoms in total. The normalized spacial score (nSPS) is 10.4. The summed E-state index contributed by atoms with van der Waals surface area (Å²) in [7, 11) is 0. The van der Waals surface area contributed by atoms with Crippen molar-refractivity contribution in [1.82, 2.24) is 4.98 Å². The van der Waals surface area contributed by atoms with Crippen LogP contribution < -0.4 is 0 Å². The smallest absolute Gasteiger partial charge is 0.337 e. The standard InChI is InChI=1S/C13H9Cl2NO2S/c14-9-3-1-8(2-4-9)7-19-12-5-10(13(17)18)11(15)6-16-12/h1-6H,7H2,(H,17,18). The van der Waals surface area contributed by atoms with Crippen molar-refractivity contribution in [2.45, 2.75) is 10.8 Å². The van der Waals surface area contributed by atoms with Crippen LogP contribution in [0.2, 0.25) is 10.0 Å². The molecule has 0 spiro atoms. The molecule has 0 aliphatic rings. The van der Waals surface area contributed by atoms with Crippen molar-refractivity contribution in [1.29, 1.82) is 0 Å². The number of hydrogen-bond donors (Lipinski definition) is 1. The van der Waals surface area contributed by atoms with Gasteiger partial charge in [-0.05, 0) is 23.8 Å². The molecule has 1 aromatic carbocycles. The molecule has 0 atom stereocenters. The van der Waals surface area contributed by atoms with Crippen LogP contribution >= 0.6 is 35.0 Å². The van der Waals surface area contributed by atoms with Crippen molar-refractivity contribution in [2.75, 3.05) is 0 Å². The Kier molecular flexibility index (Phi) is 4.69. The maximum absolute atomic E-state index is 10.9. The molecule has 0 fully saturated rings. The number of thioether (sulfide) groups is 1. The van der Waals surface area contributed by atoms with Crippen molar-refractivity contribution < 1.29 is 9.90 Å². The van der Waals surface area contributed by atoms with Crippen LogP contribution in [0.4, 0.5) is 0 Å². The Morgan fingerprint density at radius 1 is 1.26 bits per heavy atom. The number of carboxylic acids is 1. The van der Waals surface area contributed by atoms with E-state index in [4.69, 9.17) is 28.3 Å². The molecule has 0 unspecified atom stereocenters. The largest absolute Gasteiger partial charge is 0.478 e. The van der Waals surface area contributed by atoms with E-state index in [9.17, 15) is 4.79 Å². The number of pyridine rings is 1. The number of carbonyl (C=O) groups is 1. The fourth-order valence-corrected chi connectivity index (χ4v) is 2.55. The summed E-state index contributed by atoms with van der Waals surface area (Å²) in [4.78, 5) is 15.0. The zero-order valence-corrected chi connectivity index (χ0v) is 12.0. The van der Waals surface area contributed by atoms with Gasteiger partial charge in [0, 0.05) is 17.0 Å². The predicted octanol–water partition coefficient (Wildman–Crippen LogP) is 4.38. The number of aromatic carboxylic acids is 1. The van der Waals surface area contributed by atoms with Crippen molar-refractivity contribution in [2.24, 2.45) is 0 Å². The first-order chi connectivity index (χ1) is 9.06. The van der Waals surface area contributed by atoms with E-state index in [0.717, 1.165) is 5.56 Å². The Morgan fingerprint density at radius 3 is 2.58 bits per heavy atom. The molecule has 0 saturated carbocycles. The van der Waals surface area contributed by atoms with Crippen molar-refractivity contribution in [3.05, 3.63) is 57.7 Å². The number of aromatic nitrogens is 1. The van der Waals surface area contributed by atoms with E-state index in [2.05, 4.69) is 4.98 Å². The van der Waals surface area contributed by atoms with Crippen LogP contribution in [-0.2, 0) is 5.75 Å². The van der Waals surface area contributed by atoms with Crippen LogP contribution in [0.25, 0.3) is 0 Å². The molecule has 0 saturated heterocycles. The van der Waals surface area contributed by atoms with Gasteiger partial charge in [-0.3, -0.25) is 0 Å². The summed E-state index contributed by atoms with van der Waals surface area (Å²) in [6.45, 7) is 0. The molecular formula is C13H9Cl2NO2S. The highest BCUT2D eigenvalue weighted by atomic mass is 35.5. The van der Waals surface area contributed by atoms with Crippen molar-refractivity contribution >= 4 is 40.9 Å². The molecule has 0 aliphatic heterocycles. The Balaban J connectivity index is 2.09. The van der Waals surface area contributed by atoms with Gasteiger partial charge in [0.05, 0.1) is 15.6 Å². The van der Waals surface area contributed by atoms with Crippen LogP contribution in [0.15, 0.2) is 41.6 Å².